The fraction of sp³-hybridized carbons (Fsp3) is 0.421. The van der Waals surface area contributed by atoms with E-state index < -0.39 is 5.97 Å². The molecule has 0 radical (unpaired) electrons. The summed E-state index contributed by atoms with van der Waals surface area (Å²) in [6.07, 6.45) is 0. The second-order valence-electron chi connectivity index (χ2n) is 6.42. The van der Waals surface area contributed by atoms with Crippen molar-refractivity contribution in [2.75, 3.05) is 13.7 Å². The van der Waals surface area contributed by atoms with Crippen LogP contribution in [0.25, 0.3) is 10.6 Å². The van der Waals surface area contributed by atoms with E-state index in [-0.39, 0.29) is 18.5 Å². The van der Waals surface area contributed by atoms with Crippen LogP contribution in [0.1, 0.15) is 49.7 Å². The number of carbonyl (C=O) groups excluding carboxylic acids is 2. The van der Waals surface area contributed by atoms with Gasteiger partial charge in [-0.1, -0.05) is 38.1 Å². The molecule has 0 unspecified atom stereocenters. The Bertz CT molecular complexity index is 735. The fourth-order valence-electron chi connectivity index (χ4n) is 2.35. The Kier molecular flexibility index (Phi) is 6.31. The standard InChI is InChI=1S/C19H24N2O3S/c1-12(2)14-6-8-15(9-7-14)18-20-16(11-25-18)19(23)21(13(3)4)10-17(22)24-5/h6-9,11-13H,10H2,1-5H3. The molecule has 1 heterocycles. The van der Waals surface area contributed by atoms with E-state index in [1.54, 1.807) is 5.38 Å². The Morgan fingerprint density at radius 1 is 1.16 bits per heavy atom. The van der Waals surface area contributed by atoms with Crippen LogP contribution in [0.4, 0.5) is 0 Å². The van der Waals surface area contributed by atoms with Crippen molar-refractivity contribution >= 4 is 23.2 Å². The number of thiazole rings is 1. The third-order valence-electron chi connectivity index (χ3n) is 3.96. The number of esters is 1. The first-order valence-electron chi connectivity index (χ1n) is 8.27. The first-order valence-corrected chi connectivity index (χ1v) is 9.15. The number of rotatable bonds is 6. The molecule has 0 aliphatic heterocycles. The van der Waals surface area contributed by atoms with Gasteiger partial charge in [-0.05, 0) is 25.3 Å². The Balaban J connectivity index is 2.21. The van der Waals surface area contributed by atoms with Gasteiger partial charge < -0.3 is 9.64 Å². The van der Waals surface area contributed by atoms with Crippen LogP contribution in [0.2, 0.25) is 0 Å². The van der Waals surface area contributed by atoms with Crippen molar-refractivity contribution < 1.29 is 14.3 Å². The molecule has 25 heavy (non-hydrogen) atoms. The van der Waals surface area contributed by atoms with Crippen molar-refractivity contribution in [3.63, 3.8) is 0 Å². The van der Waals surface area contributed by atoms with Gasteiger partial charge in [-0.3, -0.25) is 9.59 Å². The molecule has 0 aliphatic carbocycles. The Labute approximate surface area is 152 Å². The number of carbonyl (C=O) groups is 2. The number of ether oxygens (including phenoxy) is 1. The molecule has 0 atom stereocenters. The number of amides is 1. The van der Waals surface area contributed by atoms with Gasteiger partial charge in [0.05, 0.1) is 7.11 Å². The zero-order valence-corrected chi connectivity index (χ0v) is 16.1. The Morgan fingerprint density at radius 2 is 1.80 bits per heavy atom. The van der Waals surface area contributed by atoms with E-state index >= 15 is 0 Å². The molecule has 6 heteroatoms. The van der Waals surface area contributed by atoms with Gasteiger partial charge >= 0.3 is 5.97 Å². The van der Waals surface area contributed by atoms with Gasteiger partial charge in [0.15, 0.2) is 0 Å². The van der Waals surface area contributed by atoms with E-state index in [4.69, 9.17) is 0 Å². The van der Waals surface area contributed by atoms with Crippen molar-refractivity contribution in [2.24, 2.45) is 0 Å². The monoisotopic (exact) mass is 360 g/mol. The average Bonchev–Trinajstić information content (AvgIpc) is 3.08. The number of hydrogen-bond acceptors (Lipinski definition) is 5. The molecule has 1 aromatic heterocycles. The fourth-order valence-corrected chi connectivity index (χ4v) is 3.15. The summed E-state index contributed by atoms with van der Waals surface area (Å²) in [5.41, 5.74) is 2.60. The van der Waals surface area contributed by atoms with Crippen LogP contribution < -0.4 is 0 Å². The SMILES string of the molecule is COC(=O)CN(C(=O)c1csc(-c2ccc(C(C)C)cc2)n1)C(C)C. The summed E-state index contributed by atoms with van der Waals surface area (Å²) in [5.74, 6) is -0.233. The maximum Gasteiger partial charge on any atom is 0.325 e. The van der Waals surface area contributed by atoms with Crippen LogP contribution in [0, 0.1) is 0 Å². The number of hydrogen-bond donors (Lipinski definition) is 0. The Hall–Kier alpha value is -2.21. The maximum atomic E-state index is 12.7. The summed E-state index contributed by atoms with van der Waals surface area (Å²) < 4.78 is 4.67. The third-order valence-corrected chi connectivity index (χ3v) is 4.85. The zero-order valence-electron chi connectivity index (χ0n) is 15.3. The van der Waals surface area contributed by atoms with Gasteiger partial charge in [-0.25, -0.2) is 4.98 Å². The highest BCUT2D eigenvalue weighted by atomic mass is 32.1. The molecule has 0 saturated heterocycles. The van der Waals surface area contributed by atoms with Crippen LogP contribution in [-0.4, -0.2) is 41.5 Å². The summed E-state index contributed by atoms with van der Waals surface area (Å²) in [4.78, 5) is 30.2. The van der Waals surface area contributed by atoms with E-state index in [1.165, 1.54) is 28.9 Å². The van der Waals surface area contributed by atoms with Crippen molar-refractivity contribution in [3.8, 4) is 10.6 Å². The summed E-state index contributed by atoms with van der Waals surface area (Å²) >= 11 is 1.42. The predicted octanol–water partition coefficient (Wildman–Crippen LogP) is 3.96. The zero-order chi connectivity index (χ0) is 18.6. The third kappa shape index (κ3) is 4.66. The first-order chi connectivity index (χ1) is 11.8. The topological polar surface area (TPSA) is 59.5 Å². The van der Waals surface area contributed by atoms with E-state index in [0.717, 1.165) is 10.6 Å². The molecule has 0 fully saturated rings. The lowest BCUT2D eigenvalue weighted by Crippen LogP contribution is -2.41. The van der Waals surface area contributed by atoms with Crippen LogP contribution in [0.3, 0.4) is 0 Å². The van der Waals surface area contributed by atoms with Crippen molar-refractivity contribution in [2.45, 2.75) is 39.7 Å². The normalized spacial score (nSPS) is 11.0. The van der Waals surface area contributed by atoms with E-state index in [0.29, 0.717) is 11.6 Å². The minimum absolute atomic E-state index is 0.0804. The maximum absolute atomic E-state index is 12.7. The summed E-state index contributed by atoms with van der Waals surface area (Å²) in [5, 5.41) is 2.53. The van der Waals surface area contributed by atoms with Crippen molar-refractivity contribution in [3.05, 3.63) is 40.9 Å². The second kappa shape index (κ2) is 8.25. The highest BCUT2D eigenvalue weighted by molar-refractivity contribution is 7.13. The van der Waals surface area contributed by atoms with Crippen LogP contribution in [0.5, 0.6) is 0 Å². The first kappa shape index (κ1) is 19.1. The van der Waals surface area contributed by atoms with E-state index in [9.17, 15) is 9.59 Å². The highest BCUT2D eigenvalue weighted by Gasteiger charge is 2.24. The molecule has 0 spiro atoms. The van der Waals surface area contributed by atoms with E-state index in [2.05, 4.69) is 35.7 Å². The lowest BCUT2D eigenvalue weighted by molar-refractivity contribution is -0.141. The van der Waals surface area contributed by atoms with Gasteiger partial charge in [-0.2, -0.15) is 0 Å². The van der Waals surface area contributed by atoms with Gasteiger partial charge in [0.2, 0.25) is 0 Å². The number of nitrogens with zero attached hydrogens (tertiary/aromatic N) is 2. The molecule has 134 valence electrons. The lowest BCUT2D eigenvalue weighted by atomic mass is 10.0. The highest BCUT2D eigenvalue weighted by Crippen LogP contribution is 2.26. The summed E-state index contributed by atoms with van der Waals surface area (Å²) in [7, 11) is 1.31. The van der Waals surface area contributed by atoms with Gasteiger partial charge in [0.1, 0.15) is 17.2 Å². The van der Waals surface area contributed by atoms with Crippen LogP contribution >= 0.6 is 11.3 Å². The lowest BCUT2D eigenvalue weighted by Gasteiger charge is -2.24. The molecule has 0 N–H and O–H groups in total. The van der Waals surface area contributed by atoms with Crippen molar-refractivity contribution in [1.29, 1.82) is 0 Å². The van der Waals surface area contributed by atoms with E-state index in [1.807, 2.05) is 26.0 Å². The molecular weight excluding hydrogens is 336 g/mol. The van der Waals surface area contributed by atoms with Gasteiger partial charge in [-0.15, -0.1) is 11.3 Å². The summed E-state index contributed by atoms with van der Waals surface area (Å²) in [6.45, 7) is 7.94. The average molecular weight is 360 g/mol. The largest absolute Gasteiger partial charge is 0.468 e. The molecular formula is C19H24N2O3S. The molecule has 2 rings (SSSR count). The molecule has 0 aliphatic rings. The number of aromatic nitrogens is 1. The van der Waals surface area contributed by atoms with Crippen molar-refractivity contribution in [1.82, 2.24) is 9.88 Å². The summed E-state index contributed by atoms with van der Waals surface area (Å²) in [6, 6.07) is 8.09. The van der Waals surface area contributed by atoms with Crippen LogP contribution in [-0.2, 0) is 9.53 Å². The second-order valence-corrected chi connectivity index (χ2v) is 7.28. The smallest absolute Gasteiger partial charge is 0.325 e. The number of methoxy groups -OCH3 is 1. The van der Waals surface area contributed by atoms with Crippen LogP contribution in [0.15, 0.2) is 29.6 Å². The van der Waals surface area contributed by atoms with Gasteiger partial charge in [0.25, 0.3) is 5.91 Å². The molecule has 0 bridgehead atoms. The van der Waals surface area contributed by atoms with Gasteiger partial charge in [0, 0.05) is 17.0 Å². The molecule has 5 nitrogen and oxygen atoms in total. The molecule has 2 aromatic rings. The number of benzene rings is 1. The molecule has 1 amide bonds. The molecule has 0 saturated carbocycles. The predicted molar refractivity (Wildman–Crippen MR) is 99.8 cm³/mol. The molecule has 1 aromatic carbocycles. The Morgan fingerprint density at radius 3 is 2.32 bits per heavy atom. The minimum Gasteiger partial charge on any atom is -0.468 e. The quantitative estimate of drug-likeness (QED) is 0.732. The minimum atomic E-state index is -0.443.